The van der Waals surface area contributed by atoms with Gasteiger partial charge in [-0.15, -0.1) is 10.2 Å². The highest BCUT2D eigenvalue weighted by molar-refractivity contribution is 5.73. The zero-order valence-corrected chi connectivity index (χ0v) is 19.6. The van der Waals surface area contributed by atoms with Crippen molar-refractivity contribution >= 4 is 23.3 Å². The van der Waals surface area contributed by atoms with Crippen LogP contribution in [-0.4, -0.2) is 66.5 Å². The van der Waals surface area contributed by atoms with Crippen LogP contribution in [0.1, 0.15) is 23.7 Å². The molecule has 0 spiro atoms. The van der Waals surface area contributed by atoms with Gasteiger partial charge in [0.2, 0.25) is 11.9 Å². The first-order valence-corrected chi connectivity index (χ1v) is 11.3. The molecular formula is C24H27N9O. The van der Waals surface area contributed by atoms with Crippen molar-refractivity contribution < 1.29 is 4.79 Å². The van der Waals surface area contributed by atoms with Crippen molar-refractivity contribution in [1.29, 1.82) is 0 Å². The minimum absolute atomic E-state index is 0.115. The number of pyridine rings is 2. The lowest BCUT2D eigenvalue weighted by molar-refractivity contribution is -0.129. The monoisotopic (exact) mass is 457 g/mol. The zero-order valence-electron chi connectivity index (χ0n) is 19.6. The van der Waals surface area contributed by atoms with Gasteiger partial charge in [-0.05, 0) is 37.1 Å². The first-order chi connectivity index (χ1) is 16.5. The second-order valence-electron chi connectivity index (χ2n) is 8.54. The Kier molecular flexibility index (Phi) is 5.79. The fourth-order valence-electron chi connectivity index (χ4n) is 4.24. The molecule has 0 aliphatic carbocycles. The maximum atomic E-state index is 11.6. The minimum Gasteiger partial charge on any atom is -0.353 e. The Hall–Kier alpha value is -4.08. The molecule has 1 fully saturated rings. The molecular weight excluding hydrogens is 430 g/mol. The molecule has 10 nitrogen and oxygen atoms in total. The van der Waals surface area contributed by atoms with Crippen LogP contribution < -0.4 is 10.2 Å². The largest absolute Gasteiger partial charge is 0.353 e. The maximum absolute atomic E-state index is 11.6. The smallest absolute Gasteiger partial charge is 0.230 e. The number of anilines is 2. The molecule has 174 valence electrons. The normalized spacial score (nSPS) is 14.0. The maximum Gasteiger partial charge on any atom is 0.230 e. The topological polar surface area (TPSA) is 104 Å². The summed E-state index contributed by atoms with van der Waals surface area (Å²) in [5.41, 5.74) is 5.88. The van der Waals surface area contributed by atoms with Crippen molar-refractivity contribution in [3.05, 3.63) is 59.8 Å². The highest BCUT2D eigenvalue weighted by atomic mass is 16.2. The van der Waals surface area contributed by atoms with E-state index in [9.17, 15) is 4.79 Å². The molecule has 0 bridgehead atoms. The number of aromatic nitrogens is 6. The van der Waals surface area contributed by atoms with E-state index >= 15 is 0 Å². The van der Waals surface area contributed by atoms with Gasteiger partial charge in [0.05, 0.1) is 5.69 Å². The second kappa shape index (κ2) is 9.05. The van der Waals surface area contributed by atoms with Crippen LogP contribution in [0.5, 0.6) is 0 Å². The standard InChI is InChI=1S/C24H27N9O/c1-16-10-19(13-26-23(16)20-4-5-25-17(2)11-20)14-27-24-30-29-22-12-21(28-15-33(22)24)32-8-6-31(7-9-32)18(3)34/h4-5,10-13,15H,6-9,14H2,1-3H3,(H,27,30). The van der Waals surface area contributed by atoms with E-state index in [0.717, 1.165) is 52.6 Å². The van der Waals surface area contributed by atoms with Crippen molar-refractivity contribution in [2.24, 2.45) is 0 Å². The summed E-state index contributed by atoms with van der Waals surface area (Å²) < 4.78 is 1.84. The van der Waals surface area contributed by atoms with Crippen LogP contribution in [0.25, 0.3) is 16.9 Å². The summed E-state index contributed by atoms with van der Waals surface area (Å²) in [6, 6.07) is 8.08. The molecule has 1 amide bonds. The Labute approximate surface area is 197 Å². The number of hydrogen-bond donors (Lipinski definition) is 1. The molecule has 4 aromatic rings. The molecule has 34 heavy (non-hydrogen) atoms. The molecule has 5 heterocycles. The van der Waals surface area contributed by atoms with Crippen LogP contribution in [-0.2, 0) is 11.3 Å². The molecule has 1 saturated heterocycles. The van der Waals surface area contributed by atoms with E-state index in [-0.39, 0.29) is 5.91 Å². The summed E-state index contributed by atoms with van der Waals surface area (Å²) in [6.45, 7) is 9.13. The zero-order chi connectivity index (χ0) is 23.7. The van der Waals surface area contributed by atoms with Crippen molar-refractivity contribution in [2.45, 2.75) is 27.3 Å². The molecule has 0 unspecified atom stereocenters. The molecule has 0 aromatic carbocycles. The minimum atomic E-state index is 0.115. The molecule has 4 aromatic heterocycles. The molecule has 1 aliphatic rings. The fraction of sp³-hybridized carbons (Fsp3) is 0.333. The van der Waals surface area contributed by atoms with Crippen molar-refractivity contribution in [2.75, 3.05) is 36.4 Å². The van der Waals surface area contributed by atoms with Crippen LogP contribution in [0.3, 0.4) is 0 Å². The number of hydrogen-bond acceptors (Lipinski definition) is 8. The van der Waals surface area contributed by atoms with Crippen LogP contribution in [0.2, 0.25) is 0 Å². The number of piperazine rings is 1. The summed E-state index contributed by atoms with van der Waals surface area (Å²) in [7, 11) is 0. The Bertz CT molecular complexity index is 1340. The molecule has 1 N–H and O–H groups in total. The average Bonchev–Trinajstić information content (AvgIpc) is 3.25. The molecule has 0 atom stereocenters. The van der Waals surface area contributed by atoms with E-state index in [1.54, 1.807) is 13.3 Å². The van der Waals surface area contributed by atoms with E-state index in [4.69, 9.17) is 0 Å². The molecule has 0 radical (unpaired) electrons. The number of nitrogens with zero attached hydrogens (tertiary/aromatic N) is 8. The number of aryl methyl sites for hydroxylation is 2. The summed E-state index contributed by atoms with van der Waals surface area (Å²) in [5, 5.41) is 11.9. The Morgan fingerprint density at radius 3 is 2.59 bits per heavy atom. The van der Waals surface area contributed by atoms with Gasteiger partial charge in [-0.2, -0.15) is 0 Å². The SMILES string of the molecule is CC(=O)N1CCN(c2cc3nnc(NCc4cnc(-c5ccnc(C)c5)c(C)c4)n3cn2)CC1. The lowest BCUT2D eigenvalue weighted by Gasteiger charge is -2.34. The molecule has 10 heteroatoms. The first kappa shape index (κ1) is 21.7. The Balaban J connectivity index is 1.27. The number of fused-ring (bicyclic) bond motifs is 1. The predicted molar refractivity (Wildman–Crippen MR) is 130 cm³/mol. The van der Waals surface area contributed by atoms with E-state index in [1.807, 2.05) is 46.8 Å². The van der Waals surface area contributed by atoms with Gasteiger partial charge in [0.15, 0.2) is 5.65 Å². The van der Waals surface area contributed by atoms with Crippen LogP contribution >= 0.6 is 0 Å². The van der Waals surface area contributed by atoms with E-state index in [2.05, 4.69) is 48.4 Å². The summed E-state index contributed by atoms with van der Waals surface area (Å²) >= 11 is 0. The van der Waals surface area contributed by atoms with E-state index in [0.29, 0.717) is 25.6 Å². The fourth-order valence-corrected chi connectivity index (χ4v) is 4.24. The van der Waals surface area contributed by atoms with Gasteiger partial charge in [-0.1, -0.05) is 6.07 Å². The van der Waals surface area contributed by atoms with Gasteiger partial charge < -0.3 is 15.1 Å². The summed E-state index contributed by atoms with van der Waals surface area (Å²) in [4.78, 5) is 29.1. The van der Waals surface area contributed by atoms with Gasteiger partial charge >= 0.3 is 0 Å². The highest BCUT2D eigenvalue weighted by Crippen LogP contribution is 2.22. The quantitative estimate of drug-likeness (QED) is 0.487. The average molecular weight is 458 g/mol. The van der Waals surface area contributed by atoms with Gasteiger partial charge in [-0.3, -0.25) is 19.2 Å². The molecule has 5 rings (SSSR count). The molecule has 0 saturated carbocycles. The predicted octanol–water partition coefficient (Wildman–Crippen LogP) is 2.48. The third-order valence-electron chi connectivity index (χ3n) is 6.09. The van der Waals surface area contributed by atoms with Gasteiger partial charge in [0.1, 0.15) is 12.1 Å². The van der Waals surface area contributed by atoms with Gasteiger partial charge in [-0.25, -0.2) is 4.98 Å². The number of carbonyl (C=O) groups is 1. The van der Waals surface area contributed by atoms with Crippen molar-refractivity contribution in [3.8, 4) is 11.3 Å². The van der Waals surface area contributed by atoms with Crippen LogP contribution in [0, 0.1) is 13.8 Å². The third kappa shape index (κ3) is 4.39. The number of amides is 1. The number of nitrogens with one attached hydrogen (secondary N) is 1. The van der Waals surface area contributed by atoms with E-state index < -0.39 is 0 Å². The Morgan fingerprint density at radius 2 is 1.85 bits per heavy atom. The summed E-state index contributed by atoms with van der Waals surface area (Å²) in [5.74, 6) is 1.59. The van der Waals surface area contributed by atoms with Crippen LogP contribution in [0.15, 0.2) is 43.0 Å². The van der Waals surface area contributed by atoms with Crippen LogP contribution in [0.4, 0.5) is 11.8 Å². The van der Waals surface area contributed by atoms with Crippen molar-refractivity contribution in [1.82, 2.24) is 34.4 Å². The van der Waals surface area contributed by atoms with Crippen molar-refractivity contribution in [3.63, 3.8) is 0 Å². The lowest BCUT2D eigenvalue weighted by atomic mass is 10.1. The third-order valence-corrected chi connectivity index (χ3v) is 6.09. The van der Waals surface area contributed by atoms with E-state index in [1.165, 1.54) is 0 Å². The van der Waals surface area contributed by atoms with Gasteiger partial charge in [0.25, 0.3) is 0 Å². The van der Waals surface area contributed by atoms with Gasteiger partial charge in [0, 0.05) is 69.4 Å². The second-order valence-corrected chi connectivity index (χ2v) is 8.54. The summed E-state index contributed by atoms with van der Waals surface area (Å²) in [6.07, 6.45) is 5.43. The lowest BCUT2D eigenvalue weighted by Crippen LogP contribution is -2.48. The highest BCUT2D eigenvalue weighted by Gasteiger charge is 2.20. The molecule has 1 aliphatic heterocycles. The Morgan fingerprint density at radius 1 is 1.03 bits per heavy atom. The number of rotatable bonds is 5. The first-order valence-electron chi connectivity index (χ1n) is 11.3. The number of carbonyl (C=O) groups excluding carboxylic acids is 1.